The zero-order valence-electron chi connectivity index (χ0n) is 8.40. The lowest BCUT2D eigenvalue weighted by Gasteiger charge is -2.32. The van der Waals surface area contributed by atoms with Gasteiger partial charge >= 0.3 is 0 Å². The van der Waals surface area contributed by atoms with E-state index in [0.29, 0.717) is 0 Å². The molecule has 3 heteroatoms. The van der Waals surface area contributed by atoms with Gasteiger partial charge in [0.1, 0.15) is 0 Å². The maximum Gasteiger partial charge on any atom is 0.210 e. The van der Waals surface area contributed by atoms with Crippen LogP contribution < -0.4 is 0 Å². The molecule has 0 saturated carbocycles. The van der Waals surface area contributed by atoms with Gasteiger partial charge in [0.05, 0.1) is 0 Å². The summed E-state index contributed by atoms with van der Waals surface area (Å²) < 4.78 is 6.01. The Labute approximate surface area is 74.4 Å². The Balaban J connectivity index is 4.12. The molecule has 0 fully saturated rings. The molecule has 0 rings (SSSR count). The molecule has 0 aromatic carbocycles. The molecule has 0 aliphatic rings. The fourth-order valence-electron chi connectivity index (χ4n) is 0.826. The molecule has 0 saturated heterocycles. The van der Waals surface area contributed by atoms with E-state index in [9.17, 15) is 0 Å². The molecule has 0 aromatic rings. The minimum Gasteiger partial charge on any atom is -0.412 e. The van der Waals surface area contributed by atoms with E-state index in [0.717, 1.165) is 16.7 Å². The van der Waals surface area contributed by atoms with Crippen LogP contribution in [0.25, 0.3) is 0 Å². The Kier molecular flexibility index (Phi) is 3.74. The predicted octanol–water partition coefficient (Wildman–Crippen LogP) is 1.42. The molecular weight excluding hydrogens is 168 g/mol. The Morgan fingerprint density at radius 3 is 2.36 bits per heavy atom. The van der Waals surface area contributed by atoms with Crippen molar-refractivity contribution in [1.82, 2.24) is 0 Å². The third-order valence-electron chi connectivity index (χ3n) is 1.88. The van der Waals surface area contributed by atoms with Crippen LogP contribution in [0.1, 0.15) is 20.3 Å². The molecule has 0 bridgehead atoms. The van der Waals surface area contributed by atoms with Gasteiger partial charge in [-0.1, -0.05) is 12.6 Å². The van der Waals surface area contributed by atoms with E-state index in [1.54, 1.807) is 0 Å². The number of hydrogen-bond acceptors (Lipinski definition) is 1. The zero-order chi connectivity index (χ0) is 9.12. The van der Waals surface area contributed by atoms with Crippen LogP contribution in [0.5, 0.6) is 0 Å². The van der Waals surface area contributed by atoms with Crippen molar-refractivity contribution < 1.29 is 4.43 Å². The molecule has 1 nitrogen and oxygen atoms in total. The van der Waals surface area contributed by atoms with Crippen LogP contribution in [0.2, 0.25) is 13.1 Å². The van der Waals surface area contributed by atoms with Gasteiger partial charge in [0, 0.05) is 15.5 Å². The highest BCUT2D eigenvalue weighted by molar-refractivity contribution is 6.76. The largest absolute Gasteiger partial charge is 0.412 e. The SMILES string of the molecule is C=C[Si](C)(C)OC(C)([SiH3])CC. The third-order valence-corrected chi connectivity index (χ3v) is 5.26. The highest BCUT2D eigenvalue weighted by Crippen LogP contribution is 2.18. The van der Waals surface area contributed by atoms with E-state index in [4.69, 9.17) is 4.43 Å². The summed E-state index contributed by atoms with van der Waals surface area (Å²) in [4.78, 5) is 0. The lowest BCUT2D eigenvalue weighted by Crippen LogP contribution is -2.41. The molecule has 11 heavy (non-hydrogen) atoms. The predicted molar refractivity (Wildman–Crippen MR) is 57.4 cm³/mol. The minimum absolute atomic E-state index is 0.157. The summed E-state index contributed by atoms with van der Waals surface area (Å²) in [6, 6.07) is 0. The van der Waals surface area contributed by atoms with Crippen LogP contribution in [0.3, 0.4) is 0 Å². The zero-order valence-corrected chi connectivity index (χ0v) is 11.4. The van der Waals surface area contributed by atoms with E-state index in [2.05, 4.69) is 33.5 Å². The van der Waals surface area contributed by atoms with Crippen molar-refractivity contribution in [1.29, 1.82) is 0 Å². The summed E-state index contributed by atoms with van der Waals surface area (Å²) in [6.45, 7) is 12.5. The summed E-state index contributed by atoms with van der Waals surface area (Å²) in [6.07, 6.45) is 1.11. The first-order chi connectivity index (χ1) is 4.83. The third kappa shape index (κ3) is 4.55. The Morgan fingerprint density at radius 2 is 2.09 bits per heavy atom. The van der Waals surface area contributed by atoms with E-state index < -0.39 is 8.32 Å². The maximum atomic E-state index is 6.01. The van der Waals surface area contributed by atoms with Crippen LogP contribution >= 0.6 is 0 Å². The van der Waals surface area contributed by atoms with Crippen LogP contribution in [0, 0.1) is 0 Å². The van der Waals surface area contributed by atoms with Crippen LogP contribution in [0.4, 0.5) is 0 Å². The van der Waals surface area contributed by atoms with Gasteiger partial charge in [0.25, 0.3) is 0 Å². The lowest BCUT2D eigenvalue weighted by molar-refractivity contribution is 0.167. The standard InChI is InChI=1S/C8H20OSi2/c1-6-8(3,10)9-11(4,5)7-2/h7H,2,6H2,1,3-5,10H3. The molecular formula is C8H20OSi2. The number of rotatable bonds is 4. The van der Waals surface area contributed by atoms with Crippen LogP contribution in [0.15, 0.2) is 12.3 Å². The Bertz CT molecular complexity index is 141. The molecule has 0 radical (unpaired) electrons. The summed E-state index contributed by atoms with van der Waals surface area (Å²) in [5, 5.41) is 0.157. The van der Waals surface area contributed by atoms with Crippen LogP contribution in [-0.2, 0) is 4.43 Å². The smallest absolute Gasteiger partial charge is 0.210 e. The second-order valence-corrected chi connectivity index (χ2v) is 9.96. The first-order valence-corrected chi connectivity index (χ1v) is 8.15. The average Bonchev–Trinajstić information content (AvgIpc) is 1.86. The highest BCUT2D eigenvalue weighted by Gasteiger charge is 2.26. The van der Waals surface area contributed by atoms with Crippen molar-refractivity contribution in [3.05, 3.63) is 12.3 Å². The van der Waals surface area contributed by atoms with Gasteiger partial charge in [-0.3, -0.25) is 0 Å². The molecule has 1 atom stereocenters. The molecule has 0 aliphatic heterocycles. The van der Waals surface area contributed by atoms with E-state index in [-0.39, 0.29) is 5.22 Å². The Morgan fingerprint density at radius 1 is 1.64 bits per heavy atom. The van der Waals surface area contributed by atoms with Crippen molar-refractivity contribution in [3.8, 4) is 0 Å². The van der Waals surface area contributed by atoms with Gasteiger partial charge < -0.3 is 4.43 Å². The van der Waals surface area contributed by atoms with Gasteiger partial charge in [-0.05, 0) is 26.4 Å². The molecule has 0 N–H and O–H groups in total. The second kappa shape index (κ2) is 3.69. The topological polar surface area (TPSA) is 9.23 Å². The van der Waals surface area contributed by atoms with E-state index >= 15 is 0 Å². The van der Waals surface area contributed by atoms with Crippen molar-refractivity contribution in [3.63, 3.8) is 0 Å². The van der Waals surface area contributed by atoms with E-state index in [1.165, 1.54) is 0 Å². The first kappa shape index (κ1) is 11.1. The maximum absolute atomic E-state index is 6.01. The number of hydrogen-bond donors (Lipinski definition) is 0. The second-order valence-electron chi connectivity index (χ2n) is 4.02. The molecule has 0 spiro atoms. The lowest BCUT2D eigenvalue weighted by atomic mass is 10.3. The average molecular weight is 188 g/mol. The van der Waals surface area contributed by atoms with Crippen molar-refractivity contribution in [2.24, 2.45) is 0 Å². The van der Waals surface area contributed by atoms with Crippen molar-refractivity contribution in [2.45, 2.75) is 38.6 Å². The van der Waals surface area contributed by atoms with Gasteiger partial charge in [-0.2, -0.15) is 0 Å². The van der Waals surface area contributed by atoms with Crippen molar-refractivity contribution >= 4 is 18.6 Å². The van der Waals surface area contributed by atoms with Crippen LogP contribution in [-0.4, -0.2) is 23.8 Å². The summed E-state index contributed by atoms with van der Waals surface area (Å²) >= 11 is 0. The summed E-state index contributed by atoms with van der Waals surface area (Å²) in [7, 11) is -0.436. The summed E-state index contributed by atoms with van der Waals surface area (Å²) in [5.41, 5.74) is 2.00. The molecule has 0 aromatic heterocycles. The normalized spacial score (nSPS) is 17.8. The minimum atomic E-state index is -1.54. The Hall–Kier alpha value is 0.134. The van der Waals surface area contributed by atoms with E-state index in [1.807, 2.05) is 5.70 Å². The highest BCUT2D eigenvalue weighted by atomic mass is 28.4. The molecule has 66 valence electrons. The monoisotopic (exact) mass is 188 g/mol. The van der Waals surface area contributed by atoms with Gasteiger partial charge in [0.2, 0.25) is 8.32 Å². The molecule has 0 heterocycles. The van der Waals surface area contributed by atoms with Gasteiger partial charge in [0.15, 0.2) is 0 Å². The fourth-order valence-corrected chi connectivity index (χ4v) is 4.06. The molecule has 0 aliphatic carbocycles. The van der Waals surface area contributed by atoms with Crippen molar-refractivity contribution in [2.75, 3.05) is 0 Å². The quantitative estimate of drug-likeness (QED) is 0.607. The molecule has 0 amide bonds. The first-order valence-electron chi connectivity index (χ1n) is 4.17. The fraction of sp³-hybridized carbons (Fsp3) is 0.750. The van der Waals surface area contributed by atoms with Gasteiger partial charge in [-0.25, -0.2) is 0 Å². The summed E-state index contributed by atoms with van der Waals surface area (Å²) in [5.74, 6) is 0. The molecule has 1 unspecified atom stereocenters. The van der Waals surface area contributed by atoms with Gasteiger partial charge in [-0.15, -0.1) is 6.58 Å².